The molecule has 0 spiro atoms. The molecule has 34 heavy (non-hydrogen) atoms. The molecule has 0 saturated carbocycles. The van der Waals surface area contributed by atoms with Gasteiger partial charge in [-0.15, -0.1) is 0 Å². The van der Waals surface area contributed by atoms with Crippen molar-refractivity contribution < 1.29 is 23.5 Å². The molecule has 0 unspecified atom stereocenters. The molecule has 1 fully saturated rings. The second-order valence-electron chi connectivity index (χ2n) is 7.26. The van der Waals surface area contributed by atoms with Gasteiger partial charge in [-0.2, -0.15) is 0 Å². The summed E-state index contributed by atoms with van der Waals surface area (Å²) in [6.07, 6.45) is 1.58. The Hall–Kier alpha value is -2.81. The summed E-state index contributed by atoms with van der Waals surface area (Å²) in [5.74, 6) is -0.179. The molecule has 4 rings (SSSR count). The minimum Gasteiger partial charge on any atom is -0.493 e. The van der Waals surface area contributed by atoms with Crippen LogP contribution in [0.25, 0.3) is 6.08 Å². The zero-order valence-electron chi connectivity index (χ0n) is 17.9. The van der Waals surface area contributed by atoms with E-state index in [9.17, 15) is 14.0 Å². The number of amides is 2. The van der Waals surface area contributed by atoms with Gasteiger partial charge in [-0.25, -0.2) is 4.39 Å². The van der Waals surface area contributed by atoms with Crippen molar-refractivity contribution in [2.45, 2.75) is 13.2 Å². The third-order valence-corrected chi connectivity index (χ3v) is 6.86. The average Bonchev–Trinajstić information content (AvgIpc) is 3.08. The van der Waals surface area contributed by atoms with E-state index in [1.165, 1.54) is 24.1 Å². The highest BCUT2D eigenvalue weighted by Crippen LogP contribution is 2.38. The van der Waals surface area contributed by atoms with Gasteiger partial charge in [0.2, 0.25) is 0 Å². The fraction of sp³-hybridized carbons (Fsp3) is 0.120. The van der Waals surface area contributed by atoms with Gasteiger partial charge < -0.3 is 9.47 Å². The lowest BCUT2D eigenvalue weighted by atomic mass is 10.1. The van der Waals surface area contributed by atoms with E-state index in [-0.39, 0.29) is 33.9 Å². The molecule has 0 bridgehead atoms. The van der Waals surface area contributed by atoms with Crippen LogP contribution in [0.1, 0.15) is 16.7 Å². The van der Waals surface area contributed by atoms with Crippen molar-refractivity contribution in [2.24, 2.45) is 0 Å². The minimum atomic E-state index is -0.488. The van der Waals surface area contributed by atoms with Crippen molar-refractivity contribution >= 4 is 56.5 Å². The van der Waals surface area contributed by atoms with Crippen LogP contribution in [0, 0.1) is 5.82 Å². The molecule has 1 aliphatic rings. The molecule has 0 aromatic heterocycles. The molecule has 1 saturated heterocycles. The minimum absolute atomic E-state index is 0.141. The molecule has 1 aliphatic heterocycles. The normalized spacial score (nSPS) is 14.7. The predicted octanol–water partition coefficient (Wildman–Crippen LogP) is 7.07. The summed E-state index contributed by atoms with van der Waals surface area (Å²) in [5, 5.41) is -0.117. The van der Waals surface area contributed by atoms with Crippen molar-refractivity contribution in [1.29, 1.82) is 0 Å². The molecule has 0 atom stereocenters. The SMILES string of the molecule is COc1cccc(/C=C2\SC(=O)N(Cc3ccc(Br)cc3)C2=O)c1OCc1c(F)cccc1Cl. The van der Waals surface area contributed by atoms with Gasteiger partial charge in [-0.05, 0) is 53.7 Å². The first-order valence-electron chi connectivity index (χ1n) is 10.1. The highest BCUT2D eigenvalue weighted by molar-refractivity contribution is 9.10. The van der Waals surface area contributed by atoms with Crippen LogP contribution >= 0.6 is 39.3 Å². The van der Waals surface area contributed by atoms with Crippen molar-refractivity contribution in [3.05, 3.63) is 97.6 Å². The van der Waals surface area contributed by atoms with Crippen molar-refractivity contribution in [3.63, 3.8) is 0 Å². The summed E-state index contributed by atoms with van der Waals surface area (Å²) in [6.45, 7) is 0.0281. The lowest BCUT2D eigenvalue weighted by Gasteiger charge is -2.15. The summed E-state index contributed by atoms with van der Waals surface area (Å²) in [6, 6.07) is 16.9. The Morgan fingerprint density at radius 1 is 1.09 bits per heavy atom. The van der Waals surface area contributed by atoms with E-state index < -0.39 is 11.7 Å². The number of para-hydroxylation sites is 1. The molecule has 2 amide bonds. The van der Waals surface area contributed by atoms with Gasteiger partial charge in [0, 0.05) is 15.6 Å². The number of ether oxygens (including phenoxy) is 2. The number of halogens is 3. The maximum absolute atomic E-state index is 14.2. The molecule has 5 nitrogen and oxygen atoms in total. The van der Waals surface area contributed by atoms with E-state index in [0.717, 1.165) is 21.8 Å². The van der Waals surface area contributed by atoms with Crippen LogP contribution in [0.2, 0.25) is 5.02 Å². The Labute approximate surface area is 213 Å². The molecular formula is C25H18BrClFNO4S. The van der Waals surface area contributed by atoms with Gasteiger partial charge in [0.1, 0.15) is 12.4 Å². The number of hydrogen-bond acceptors (Lipinski definition) is 5. The van der Waals surface area contributed by atoms with Crippen LogP contribution in [0.5, 0.6) is 11.5 Å². The van der Waals surface area contributed by atoms with Gasteiger partial charge in [0.15, 0.2) is 11.5 Å². The number of carbonyl (C=O) groups is 2. The number of imide groups is 1. The second kappa shape index (κ2) is 10.6. The standard InChI is InChI=1S/C25H18BrClFNO4S/c1-32-21-7-2-4-16(23(21)33-14-18-19(27)5-3-6-20(18)28)12-22-24(30)29(25(31)34-22)13-15-8-10-17(26)11-9-15/h2-12H,13-14H2,1H3/b22-12-. The first-order chi connectivity index (χ1) is 16.4. The van der Waals surface area contributed by atoms with Crippen LogP contribution in [0.4, 0.5) is 9.18 Å². The van der Waals surface area contributed by atoms with E-state index in [1.54, 1.807) is 30.3 Å². The largest absolute Gasteiger partial charge is 0.493 e. The van der Waals surface area contributed by atoms with Gasteiger partial charge in [-0.3, -0.25) is 14.5 Å². The molecule has 9 heteroatoms. The maximum Gasteiger partial charge on any atom is 0.293 e. The summed E-state index contributed by atoms with van der Waals surface area (Å²) >= 11 is 10.3. The summed E-state index contributed by atoms with van der Waals surface area (Å²) in [4.78, 5) is 27.0. The quantitative estimate of drug-likeness (QED) is 0.288. The van der Waals surface area contributed by atoms with Crippen LogP contribution in [0.3, 0.4) is 0 Å². The third kappa shape index (κ3) is 5.29. The summed E-state index contributed by atoms with van der Waals surface area (Å²) < 4.78 is 26.4. The third-order valence-electron chi connectivity index (χ3n) is 5.07. The maximum atomic E-state index is 14.2. The lowest BCUT2D eigenvalue weighted by molar-refractivity contribution is -0.123. The fourth-order valence-corrected chi connectivity index (χ4v) is 4.64. The average molecular weight is 563 g/mol. The van der Waals surface area contributed by atoms with Gasteiger partial charge in [0.25, 0.3) is 11.1 Å². The number of methoxy groups -OCH3 is 1. The number of nitrogens with zero attached hydrogens (tertiary/aromatic N) is 1. The molecule has 3 aromatic rings. The number of thioether (sulfide) groups is 1. The van der Waals surface area contributed by atoms with E-state index in [1.807, 2.05) is 24.3 Å². The molecule has 0 aliphatic carbocycles. The van der Waals surface area contributed by atoms with E-state index >= 15 is 0 Å². The molecule has 174 valence electrons. The Kier molecular flexibility index (Phi) is 7.60. The van der Waals surface area contributed by atoms with E-state index in [4.69, 9.17) is 21.1 Å². The van der Waals surface area contributed by atoms with E-state index in [0.29, 0.717) is 17.1 Å². The Morgan fingerprint density at radius 3 is 2.53 bits per heavy atom. The molecule has 1 heterocycles. The number of hydrogen-bond donors (Lipinski definition) is 0. The first-order valence-corrected chi connectivity index (χ1v) is 12.1. The van der Waals surface area contributed by atoms with Gasteiger partial charge in [0.05, 0.1) is 23.6 Å². The van der Waals surface area contributed by atoms with Gasteiger partial charge >= 0.3 is 0 Å². The van der Waals surface area contributed by atoms with Crippen molar-refractivity contribution in [2.75, 3.05) is 7.11 Å². The zero-order valence-corrected chi connectivity index (χ0v) is 21.0. The fourth-order valence-electron chi connectivity index (χ4n) is 3.33. The molecular weight excluding hydrogens is 545 g/mol. The van der Waals surface area contributed by atoms with Crippen LogP contribution in [0.15, 0.2) is 70.0 Å². The van der Waals surface area contributed by atoms with Gasteiger partial charge in [-0.1, -0.05) is 57.9 Å². The number of benzene rings is 3. The smallest absolute Gasteiger partial charge is 0.293 e. The Bertz CT molecular complexity index is 1260. The van der Waals surface area contributed by atoms with Crippen LogP contribution in [-0.2, 0) is 17.9 Å². The summed E-state index contributed by atoms with van der Waals surface area (Å²) in [5.41, 5.74) is 1.55. The van der Waals surface area contributed by atoms with Crippen molar-refractivity contribution in [1.82, 2.24) is 4.90 Å². The highest BCUT2D eigenvalue weighted by atomic mass is 79.9. The van der Waals surface area contributed by atoms with E-state index in [2.05, 4.69) is 15.9 Å². The second-order valence-corrected chi connectivity index (χ2v) is 9.58. The van der Waals surface area contributed by atoms with Crippen molar-refractivity contribution in [3.8, 4) is 11.5 Å². The Morgan fingerprint density at radius 2 is 1.82 bits per heavy atom. The lowest BCUT2D eigenvalue weighted by Crippen LogP contribution is -2.27. The highest BCUT2D eigenvalue weighted by Gasteiger charge is 2.35. The predicted molar refractivity (Wildman–Crippen MR) is 134 cm³/mol. The number of carbonyl (C=O) groups excluding carboxylic acids is 2. The first kappa shape index (κ1) is 24.3. The molecule has 3 aromatic carbocycles. The summed E-state index contributed by atoms with van der Waals surface area (Å²) in [7, 11) is 1.48. The topological polar surface area (TPSA) is 55.8 Å². The zero-order chi connectivity index (χ0) is 24.2. The molecule has 0 N–H and O–H groups in total. The Balaban J connectivity index is 1.60. The van der Waals surface area contributed by atoms with Crippen LogP contribution < -0.4 is 9.47 Å². The monoisotopic (exact) mass is 561 g/mol. The number of rotatable bonds is 7. The van der Waals surface area contributed by atoms with Crippen LogP contribution in [-0.4, -0.2) is 23.2 Å². The molecule has 0 radical (unpaired) electrons.